The van der Waals surface area contributed by atoms with Gasteiger partial charge in [0.1, 0.15) is 0 Å². The molecule has 20 heavy (non-hydrogen) atoms. The maximum atomic E-state index is 5.94. The third-order valence-electron chi connectivity index (χ3n) is 2.73. The van der Waals surface area contributed by atoms with E-state index in [0.29, 0.717) is 43.6 Å². The lowest BCUT2D eigenvalue weighted by Crippen LogP contribution is -2.12. The van der Waals surface area contributed by atoms with Crippen LogP contribution in [0.1, 0.15) is 0 Å². The lowest BCUT2D eigenvalue weighted by molar-refractivity contribution is 0.0654. The van der Waals surface area contributed by atoms with Gasteiger partial charge in [0.2, 0.25) is 0 Å². The van der Waals surface area contributed by atoms with Crippen LogP contribution in [0.15, 0.2) is 18.2 Å². The average molecular weight is 278 g/mol. The van der Waals surface area contributed by atoms with Gasteiger partial charge in [0.05, 0.1) is 26.4 Å². The molecule has 0 radical (unpaired) electrons. The van der Waals surface area contributed by atoms with Gasteiger partial charge >= 0.3 is 0 Å². The number of nitrogens with zero attached hydrogens (tertiary/aromatic N) is 4. The summed E-state index contributed by atoms with van der Waals surface area (Å²) in [6.45, 7) is 2.14. The Morgan fingerprint density at radius 3 is 2.80 bits per heavy atom. The van der Waals surface area contributed by atoms with Gasteiger partial charge in [0, 0.05) is 24.0 Å². The third-order valence-corrected chi connectivity index (χ3v) is 2.73. The van der Waals surface area contributed by atoms with Crippen molar-refractivity contribution in [3.8, 4) is 11.4 Å². The molecular formula is C12H18N6O2. The molecule has 0 saturated carbocycles. The molecule has 108 valence electrons. The standard InChI is InChI=1S/C12H18N6O2/c1-19-6-7-20-5-4-18-12(15-16-17-18)10-3-2-9(13)8-11(10)14/h2-3,8H,4-7,13-14H2,1H3. The highest BCUT2D eigenvalue weighted by Crippen LogP contribution is 2.25. The molecule has 2 rings (SSSR count). The van der Waals surface area contributed by atoms with Crippen LogP contribution in [0.4, 0.5) is 11.4 Å². The van der Waals surface area contributed by atoms with Crippen molar-refractivity contribution in [1.82, 2.24) is 20.2 Å². The van der Waals surface area contributed by atoms with Crippen molar-refractivity contribution in [2.75, 3.05) is 38.4 Å². The number of tetrazole rings is 1. The minimum absolute atomic E-state index is 0.496. The number of aromatic nitrogens is 4. The normalized spacial score (nSPS) is 10.8. The van der Waals surface area contributed by atoms with Crippen LogP contribution in [0.2, 0.25) is 0 Å². The van der Waals surface area contributed by atoms with Crippen molar-refractivity contribution < 1.29 is 9.47 Å². The molecule has 4 N–H and O–H groups in total. The van der Waals surface area contributed by atoms with E-state index in [9.17, 15) is 0 Å². The van der Waals surface area contributed by atoms with Crippen molar-refractivity contribution in [1.29, 1.82) is 0 Å². The van der Waals surface area contributed by atoms with Crippen LogP contribution < -0.4 is 11.5 Å². The van der Waals surface area contributed by atoms with E-state index in [-0.39, 0.29) is 0 Å². The summed E-state index contributed by atoms with van der Waals surface area (Å²) in [7, 11) is 1.63. The Kier molecular flexibility index (Phi) is 4.85. The molecule has 0 fully saturated rings. The van der Waals surface area contributed by atoms with E-state index in [1.807, 2.05) is 0 Å². The van der Waals surface area contributed by atoms with Crippen LogP contribution >= 0.6 is 0 Å². The zero-order valence-electron chi connectivity index (χ0n) is 11.3. The number of hydrogen-bond acceptors (Lipinski definition) is 7. The van der Waals surface area contributed by atoms with Crippen LogP contribution in [-0.4, -0.2) is 47.1 Å². The second-order valence-corrected chi connectivity index (χ2v) is 4.18. The number of ether oxygens (including phenoxy) is 2. The van der Waals surface area contributed by atoms with E-state index in [0.717, 1.165) is 5.56 Å². The first-order chi connectivity index (χ1) is 9.72. The number of methoxy groups -OCH3 is 1. The van der Waals surface area contributed by atoms with Crippen molar-refractivity contribution in [2.24, 2.45) is 0 Å². The monoisotopic (exact) mass is 278 g/mol. The smallest absolute Gasteiger partial charge is 0.184 e. The van der Waals surface area contributed by atoms with Gasteiger partial charge in [-0.3, -0.25) is 0 Å². The Morgan fingerprint density at radius 1 is 1.20 bits per heavy atom. The molecule has 8 nitrogen and oxygen atoms in total. The van der Waals surface area contributed by atoms with E-state index < -0.39 is 0 Å². The van der Waals surface area contributed by atoms with Gasteiger partial charge < -0.3 is 20.9 Å². The highest BCUT2D eigenvalue weighted by Gasteiger charge is 2.11. The molecular weight excluding hydrogens is 260 g/mol. The summed E-state index contributed by atoms with van der Waals surface area (Å²) in [6, 6.07) is 5.25. The Labute approximate surface area is 116 Å². The van der Waals surface area contributed by atoms with E-state index >= 15 is 0 Å². The zero-order chi connectivity index (χ0) is 14.4. The first-order valence-electron chi connectivity index (χ1n) is 6.20. The molecule has 1 heterocycles. The van der Waals surface area contributed by atoms with Crippen LogP contribution in [0.5, 0.6) is 0 Å². The number of rotatable bonds is 7. The molecule has 1 aromatic carbocycles. The fourth-order valence-electron chi connectivity index (χ4n) is 1.73. The molecule has 0 amide bonds. The minimum atomic E-state index is 0.496. The predicted molar refractivity (Wildman–Crippen MR) is 74.8 cm³/mol. The molecule has 0 unspecified atom stereocenters. The van der Waals surface area contributed by atoms with Gasteiger partial charge in [-0.1, -0.05) is 0 Å². The summed E-state index contributed by atoms with van der Waals surface area (Å²) in [5.74, 6) is 0.595. The van der Waals surface area contributed by atoms with E-state index in [1.54, 1.807) is 30.0 Å². The fourth-order valence-corrected chi connectivity index (χ4v) is 1.73. The fraction of sp³-hybridized carbons (Fsp3) is 0.417. The topological polar surface area (TPSA) is 114 Å². The molecule has 8 heteroatoms. The summed E-state index contributed by atoms with van der Waals surface area (Å²) < 4.78 is 11.9. The number of nitrogens with two attached hydrogens (primary N) is 2. The van der Waals surface area contributed by atoms with Crippen molar-refractivity contribution in [2.45, 2.75) is 6.54 Å². The average Bonchev–Trinajstić information content (AvgIpc) is 2.87. The lowest BCUT2D eigenvalue weighted by Gasteiger charge is -2.08. The van der Waals surface area contributed by atoms with Crippen LogP contribution in [0, 0.1) is 0 Å². The van der Waals surface area contributed by atoms with Crippen LogP contribution in [0.25, 0.3) is 11.4 Å². The van der Waals surface area contributed by atoms with E-state index in [4.69, 9.17) is 20.9 Å². The first-order valence-corrected chi connectivity index (χ1v) is 6.20. The van der Waals surface area contributed by atoms with Crippen LogP contribution in [0.3, 0.4) is 0 Å². The highest BCUT2D eigenvalue weighted by atomic mass is 16.5. The number of nitrogen functional groups attached to an aromatic ring is 2. The quantitative estimate of drug-likeness (QED) is 0.548. The Morgan fingerprint density at radius 2 is 2.05 bits per heavy atom. The predicted octanol–water partition coefficient (Wildman–Crippen LogP) is 0.168. The first kappa shape index (κ1) is 14.2. The van der Waals surface area contributed by atoms with Crippen LogP contribution in [-0.2, 0) is 16.0 Å². The Bertz CT molecular complexity index is 557. The van der Waals surface area contributed by atoms with Gasteiger partial charge in [-0.05, 0) is 28.6 Å². The van der Waals surface area contributed by atoms with Crippen molar-refractivity contribution >= 4 is 11.4 Å². The summed E-state index contributed by atoms with van der Waals surface area (Å²) in [5, 5.41) is 11.6. The van der Waals surface area contributed by atoms with Gasteiger partial charge in [-0.15, -0.1) is 5.10 Å². The van der Waals surface area contributed by atoms with Gasteiger partial charge in [-0.2, -0.15) is 0 Å². The largest absolute Gasteiger partial charge is 0.399 e. The molecule has 0 aliphatic rings. The van der Waals surface area contributed by atoms with Gasteiger partial charge in [0.25, 0.3) is 0 Å². The Hall–Kier alpha value is -2.19. The zero-order valence-corrected chi connectivity index (χ0v) is 11.3. The summed E-state index contributed by atoms with van der Waals surface area (Å²) in [6.07, 6.45) is 0. The number of hydrogen-bond donors (Lipinski definition) is 2. The summed E-state index contributed by atoms with van der Waals surface area (Å²) in [4.78, 5) is 0. The van der Waals surface area contributed by atoms with Crippen molar-refractivity contribution in [3.63, 3.8) is 0 Å². The summed E-state index contributed by atoms with van der Waals surface area (Å²) in [5.41, 5.74) is 13.5. The van der Waals surface area contributed by atoms with E-state index in [1.165, 1.54) is 0 Å². The highest BCUT2D eigenvalue weighted by molar-refractivity contribution is 5.74. The molecule has 0 aliphatic heterocycles. The van der Waals surface area contributed by atoms with Gasteiger partial charge in [-0.25, -0.2) is 4.68 Å². The maximum absolute atomic E-state index is 5.94. The molecule has 0 bridgehead atoms. The second-order valence-electron chi connectivity index (χ2n) is 4.18. The van der Waals surface area contributed by atoms with Crippen molar-refractivity contribution in [3.05, 3.63) is 18.2 Å². The maximum Gasteiger partial charge on any atom is 0.184 e. The molecule has 0 spiro atoms. The molecule has 0 aliphatic carbocycles. The second kappa shape index (κ2) is 6.83. The minimum Gasteiger partial charge on any atom is -0.399 e. The Balaban J connectivity index is 2.04. The molecule has 2 aromatic rings. The lowest BCUT2D eigenvalue weighted by atomic mass is 10.1. The summed E-state index contributed by atoms with van der Waals surface area (Å²) >= 11 is 0. The SMILES string of the molecule is COCCOCCn1nnnc1-c1ccc(N)cc1N. The number of anilines is 2. The third kappa shape index (κ3) is 3.43. The van der Waals surface area contributed by atoms with Gasteiger partial charge in [0.15, 0.2) is 5.82 Å². The number of benzene rings is 1. The molecule has 1 aromatic heterocycles. The molecule has 0 atom stereocenters. The van der Waals surface area contributed by atoms with E-state index in [2.05, 4.69) is 15.5 Å². The molecule has 0 saturated heterocycles.